The number of carbonyl (C=O) groups excluding carboxylic acids is 2. The van der Waals surface area contributed by atoms with E-state index in [1.807, 2.05) is 0 Å². The van der Waals surface area contributed by atoms with Gasteiger partial charge < -0.3 is 5.32 Å². The summed E-state index contributed by atoms with van der Waals surface area (Å²) in [5.41, 5.74) is 0. The van der Waals surface area contributed by atoms with Crippen molar-refractivity contribution in [3.8, 4) is 0 Å². The molecular formula is C12H15FN2O3S. The summed E-state index contributed by atoms with van der Waals surface area (Å²) >= 11 is 0. The van der Waals surface area contributed by atoms with Crippen molar-refractivity contribution in [1.29, 1.82) is 0 Å². The molecule has 0 saturated carbocycles. The Balaban J connectivity index is 2.68. The van der Waals surface area contributed by atoms with E-state index in [0.717, 1.165) is 0 Å². The monoisotopic (exact) mass is 286 g/mol. The number of carbonyl (C=O) groups is 2. The molecule has 0 aliphatic rings. The highest BCUT2D eigenvalue weighted by atomic mass is 32.2. The Bertz CT molecular complexity index is 490. The molecule has 0 fully saturated rings. The third-order valence-corrected chi connectivity index (χ3v) is 3.90. The van der Waals surface area contributed by atoms with Crippen molar-refractivity contribution >= 4 is 22.7 Å². The second-order valence-electron chi connectivity index (χ2n) is 3.74. The van der Waals surface area contributed by atoms with Crippen molar-refractivity contribution in [1.82, 2.24) is 10.6 Å². The van der Waals surface area contributed by atoms with Gasteiger partial charge in [-0.15, -0.1) is 0 Å². The van der Waals surface area contributed by atoms with Gasteiger partial charge in [-0.25, -0.2) is 9.18 Å². The summed E-state index contributed by atoms with van der Waals surface area (Å²) in [6.45, 7) is 3.53. The molecule has 0 bridgehead atoms. The second-order valence-corrected chi connectivity index (χ2v) is 5.52. The molecule has 0 aliphatic carbocycles. The second kappa shape index (κ2) is 6.98. The molecule has 19 heavy (non-hydrogen) atoms. The van der Waals surface area contributed by atoms with Gasteiger partial charge in [0.05, 0.1) is 10.8 Å². The van der Waals surface area contributed by atoms with Crippen LogP contribution in [0, 0.1) is 5.82 Å². The predicted molar refractivity (Wildman–Crippen MR) is 69.5 cm³/mol. The molecule has 104 valence electrons. The average Bonchev–Trinajstić information content (AvgIpc) is 2.38. The zero-order valence-electron chi connectivity index (χ0n) is 10.6. The summed E-state index contributed by atoms with van der Waals surface area (Å²) in [7, 11) is -1.65. The maximum Gasteiger partial charge on any atom is 0.321 e. The summed E-state index contributed by atoms with van der Waals surface area (Å²) in [5.74, 6) is -1.09. The van der Waals surface area contributed by atoms with E-state index in [1.54, 1.807) is 6.92 Å². The van der Waals surface area contributed by atoms with E-state index in [1.165, 1.54) is 31.2 Å². The molecule has 2 atom stereocenters. The minimum atomic E-state index is -1.65. The smallest absolute Gasteiger partial charge is 0.321 e. The zero-order chi connectivity index (χ0) is 14.4. The Labute approximate surface area is 113 Å². The van der Waals surface area contributed by atoms with Gasteiger partial charge in [-0.05, 0) is 38.1 Å². The Hall–Kier alpha value is -1.76. The highest BCUT2D eigenvalue weighted by molar-refractivity contribution is 7.86. The van der Waals surface area contributed by atoms with Crippen LogP contribution in [0.1, 0.15) is 13.8 Å². The van der Waals surface area contributed by atoms with E-state index >= 15 is 0 Å². The number of nitrogens with one attached hydrogen (secondary N) is 2. The first-order valence-electron chi connectivity index (χ1n) is 5.70. The Morgan fingerprint density at radius 2 is 1.89 bits per heavy atom. The first-order chi connectivity index (χ1) is 8.95. The van der Waals surface area contributed by atoms with Crippen LogP contribution in [0.25, 0.3) is 0 Å². The molecule has 1 aromatic carbocycles. The molecule has 0 aliphatic heterocycles. The van der Waals surface area contributed by atoms with Gasteiger partial charge in [0.2, 0.25) is 5.91 Å². The third-order valence-electron chi connectivity index (χ3n) is 2.31. The third kappa shape index (κ3) is 4.44. The van der Waals surface area contributed by atoms with Gasteiger partial charge in [0.25, 0.3) is 0 Å². The largest absolute Gasteiger partial charge is 0.338 e. The number of hydrogen-bond acceptors (Lipinski definition) is 3. The van der Waals surface area contributed by atoms with Crippen LogP contribution in [0.5, 0.6) is 0 Å². The maximum atomic E-state index is 12.7. The molecule has 1 rings (SSSR count). The molecule has 2 N–H and O–H groups in total. The molecule has 0 spiro atoms. The van der Waals surface area contributed by atoms with E-state index in [0.29, 0.717) is 11.4 Å². The SMILES string of the molecule is CCNC(=O)NC(=O)C(C)S(=O)c1ccc(F)cc1. The van der Waals surface area contributed by atoms with E-state index in [9.17, 15) is 18.2 Å². The standard InChI is InChI=1S/C12H15FN2O3S/c1-3-14-12(17)15-11(16)8(2)19(18)10-6-4-9(13)5-7-10/h4-8H,3H2,1-2H3,(H2,14,15,16,17). The van der Waals surface area contributed by atoms with Crippen molar-refractivity contribution in [2.45, 2.75) is 24.0 Å². The van der Waals surface area contributed by atoms with Crippen molar-refractivity contribution in [2.75, 3.05) is 6.54 Å². The van der Waals surface area contributed by atoms with Gasteiger partial charge in [0, 0.05) is 11.4 Å². The number of halogens is 1. The van der Waals surface area contributed by atoms with Crippen LogP contribution in [0.2, 0.25) is 0 Å². The van der Waals surface area contributed by atoms with E-state index in [4.69, 9.17) is 0 Å². The van der Waals surface area contributed by atoms with Gasteiger partial charge in [-0.3, -0.25) is 14.3 Å². The van der Waals surface area contributed by atoms with Gasteiger partial charge in [0.15, 0.2) is 0 Å². The number of rotatable bonds is 4. The molecule has 0 radical (unpaired) electrons. The summed E-state index contributed by atoms with van der Waals surface area (Å²) in [4.78, 5) is 23.2. The Morgan fingerprint density at radius 1 is 1.32 bits per heavy atom. The van der Waals surface area contributed by atoms with Crippen LogP contribution in [-0.4, -0.2) is 27.9 Å². The van der Waals surface area contributed by atoms with Crippen molar-refractivity contribution in [3.63, 3.8) is 0 Å². The number of hydrogen-bond donors (Lipinski definition) is 2. The molecule has 2 unspecified atom stereocenters. The normalized spacial score (nSPS) is 13.4. The van der Waals surface area contributed by atoms with E-state index in [-0.39, 0.29) is 0 Å². The molecule has 3 amide bonds. The zero-order valence-corrected chi connectivity index (χ0v) is 11.4. The lowest BCUT2D eigenvalue weighted by atomic mass is 10.3. The molecule has 7 heteroatoms. The lowest BCUT2D eigenvalue weighted by Gasteiger charge is -2.11. The summed E-state index contributed by atoms with van der Waals surface area (Å²) < 4.78 is 24.8. The van der Waals surface area contributed by atoms with Crippen molar-refractivity contribution < 1.29 is 18.2 Å². The summed E-state index contributed by atoms with van der Waals surface area (Å²) in [5, 5.41) is 3.58. The molecular weight excluding hydrogens is 271 g/mol. The average molecular weight is 286 g/mol. The lowest BCUT2D eigenvalue weighted by Crippen LogP contribution is -2.44. The Morgan fingerprint density at radius 3 is 2.42 bits per heavy atom. The van der Waals surface area contributed by atoms with Crippen LogP contribution >= 0.6 is 0 Å². The van der Waals surface area contributed by atoms with Crippen molar-refractivity contribution in [3.05, 3.63) is 30.1 Å². The van der Waals surface area contributed by atoms with Crippen molar-refractivity contribution in [2.24, 2.45) is 0 Å². The van der Waals surface area contributed by atoms with Gasteiger partial charge in [-0.1, -0.05) is 0 Å². The molecule has 0 aromatic heterocycles. The van der Waals surface area contributed by atoms with Gasteiger partial charge in [-0.2, -0.15) is 0 Å². The predicted octanol–water partition coefficient (Wildman–Crippen LogP) is 1.17. The quantitative estimate of drug-likeness (QED) is 0.872. The van der Waals surface area contributed by atoms with Gasteiger partial charge in [0.1, 0.15) is 11.1 Å². The molecule has 0 saturated heterocycles. The molecule has 5 nitrogen and oxygen atoms in total. The lowest BCUT2D eigenvalue weighted by molar-refractivity contribution is -0.119. The first-order valence-corrected chi connectivity index (χ1v) is 6.91. The van der Waals surface area contributed by atoms with E-state index in [2.05, 4.69) is 10.6 Å². The molecule has 0 heterocycles. The maximum absolute atomic E-state index is 12.7. The fourth-order valence-electron chi connectivity index (χ4n) is 1.29. The Kier molecular flexibility index (Phi) is 5.62. The minimum absolute atomic E-state index is 0.333. The van der Waals surface area contributed by atoms with Crippen LogP contribution in [-0.2, 0) is 15.6 Å². The highest BCUT2D eigenvalue weighted by Gasteiger charge is 2.22. The molecule has 1 aromatic rings. The summed E-state index contributed by atoms with van der Waals surface area (Å²) in [6, 6.07) is 4.40. The minimum Gasteiger partial charge on any atom is -0.338 e. The topological polar surface area (TPSA) is 75.3 Å². The summed E-state index contributed by atoms with van der Waals surface area (Å²) in [6.07, 6.45) is 0. The van der Waals surface area contributed by atoms with Crippen LogP contribution in [0.3, 0.4) is 0 Å². The number of urea groups is 1. The van der Waals surface area contributed by atoms with E-state index < -0.39 is 33.8 Å². The first kappa shape index (κ1) is 15.3. The number of amides is 3. The fraction of sp³-hybridized carbons (Fsp3) is 0.333. The number of imide groups is 1. The fourth-order valence-corrected chi connectivity index (χ4v) is 2.35. The van der Waals surface area contributed by atoms with Crippen LogP contribution < -0.4 is 10.6 Å². The van der Waals surface area contributed by atoms with Gasteiger partial charge >= 0.3 is 6.03 Å². The number of benzene rings is 1. The highest BCUT2D eigenvalue weighted by Crippen LogP contribution is 2.12. The van der Waals surface area contributed by atoms with Crippen LogP contribution in [0.4, 0.5) is 9.18 Å². The van der Waals surface area contributed by atoms with Crippen LogP contribution in [0.15, 0.2) is 29.2 Å².